The molecule has 0 unspecified atom stereocenters. The molecule has 0 radical (unpaired) electrons. The summed E-state index contributed by atoms with van der Waals surface area (Å²) in [7, 11) is 1.56. The number of fused-ring (bicyclic) bond motifs is 1. The van der Waals surface area contributed by atoms with Crippen molar-refractivity contribution in [2.24, 2.45) is 0 Å². The third kappa shape index (κ3) is 3.84. The van der Waals surface area contributed by atoms with E-state index in [9.17, 15) is 4.79 Å². The van der Waals surface area contributed by atoms with E-state index < -0.39 is 0 Å². The number of aromatic nitrogens is 3. The van der Waals surface area contributed by atoms with Gasteiger partial charge in [0.2, 0.25) is 17.7 Å². The highest BCUT2D eigenvalue weighted by atomic mass is 16.5. The van der Waals surface area contributed by atoms with Crippen molar-refractivity contribution in [1.29, 1.82) is 5.26 Å². The van der Waals surface area contributed by atoms with Crippen molar-refractivity contribution in [3.8, 4) is 23.6 Å². The molecule has 1 amide bonds. The molecule has 29 heavy (non-hydrogen) atoms. The predicted octanol–water partition coefficient (Wildman–Crippen LogP) is 3.02. The Bertz CT molecular complexity index is 1090. The van der Waals surface area contributed by atoms with E-state index in [4.69, 9.17) is 14.7 Å². The van der Waals surface area contributed by atoms with Crippen molar-refractivity contribution in [2.45, 2.75) is 19.4 Å². The lowest BCUT2D eigenvalue weighted by Crippen LogP contribution is -2.34. The number of hydrogen-bond acceptors (Lipinski definition) is 7. The van der Waals surface area contributed by atoms with Crippen LogP contribution in [0, 0.1) is 11.3 Å². The Hall–Kier alpha value is -3.99. The Balaban J connectivity index is 1.64. The van der Waals surface area contributed by atoms with Gasteiger partial charge >= 0.3 is 0 Å². The Morgan fingerprint density at radius 1 is 1.14 bits per heavy atom. The van der Waals surface area contributed by atoms with E-state index >= 15 is 0 Å². The number of methoxy groups -OCH3 is 1. The number of benzene rings is 1. The number of hydrogen-bond donors (Lipinski definition) is 0. The van der Waals surface area contributed by atoms with E-state index in [1.807, 2.05) is 30.3 Å². The number of pyridine rings is 1. The van der Waals surface area contributed by atoms with E-state index in [-0.39, 0.29) is 17.5 Å². The first kappa shape index (κ1) is 18.4. The fourth-order valence-corrected chi connectivity index (χ4v) is 3.21. The molecule has 1 aliphatic rings. The van der Waals surface area contributed by atoms with Gasteiger partial charge in [0.15, 0.2) is 0 Å². The van der Waals surface area contributed by atoms with Gasteiger partial charge in [0.05, 0.1) is 19.3 Å². The van der Waals surface area contributed by atoms with Crippen LogP contribution in [0.2, 0.25) is 0 Å². The maximum absolute atomic E-state index is 12.6. The molecule has 1 aromatic carbocycles. The molecule has 0 atom stereocenters. The number of rotatable bonds is 5. The summed E-state index contributed by atoms with van der Waals surface area (Å²) in [5, 5.41) is 9.00. The largest absolute Gasteiger partial charge is 0.481 e. The van der Waals surface area contributed by atoms with Crippen LogP contribution in [0.15, 0.2) is 48.9 Å². The highest BCUT2D eigenvalue weighted by molar-refractivity contribution is 5.96. The zero-order valence-electron chi connectivity index (χ0n) is 15.7. The predicted molar refractivity (Wildman–Crippen MR) is 104 cm³/mol. The van der Waals surface area contributed by atoms with Crippen molar-refractivity contribution in [3.63, 3.8) is 0 Å². The fraction of sp³-hybridized carbons (Fsp3) is 0.190. The molecular weight excluding hydrogens is 370 g/mol. The third-order valence-corrected chi connectivity index (χ3v) is 4.61. The molecule has 144 valence electrons. The van der Waals surface area contributed by atoms with E-state index in [0.29, 0.717) is 31.0 Å². The van der Waals surface area contributed by atoms with Crippen LogP contribution in [0.1, 0.15) is 23.2 Å². The fourth-order valence-electron chi connectivity index (χ4n) is 3.21. The number of carbonyl (C=O) groups is 1. The molecule has 0 bridgehead atoms. The van der Waals surface area contributed by atoms with Crippen LogP contribution in [0.5, 0.6) is 17.5 Å². The second-order valence-electron chi connectivity index (χ2n) is 6.40. The Kier molecular flexibility index (Phi) is 5.03. The first-order valence-corrected chi connectivity index (χ1v) is 8.99. The summed E-state index contributed by atoms with van der Waals surface area (Å²) in [5.74, 6) is 1.46. The summed E-state index contributed by atoms with van der Waals surface area (Å²) in [6, 6.07) is 12.7. The molecule has 8 nitrogen and oxygen atoms in total. The molecule has 0 fully saturated rings. The van der Waals surface area contributed by atoms with Crippen LogP contribution in [0.4, 0.5) is 5.69 Å². The smallest absolute Gasteiger partial charge is 0.227 e. The maximum Gasteiger partial charge on any atom is 0.227 e. The van der Waals surface area contributed by atoms with Gasteiger partial charge in [-0.05, 0) is 24.1 Å². The summed E-state index contributed by atoms with van der Waals surface area (Å²) in [6.07, 6.45) is 3.93. The van der Waals surface area contributed by atoms with Gasteiger partial charge in [0.1, 0.15) is 23.8 Å². The first-order chi connectivity index (χ1) is 14.2. The monoisotopic (exact) mass is 387 g/mol. The minimum atomic E-state index is 0.0410. The van der Waals surface area contributed by atoms with E-state index in [1.54, 1.807) is 24.3 Å². The molecule has 0 saturated heterocycles. The molecule has 0 aliphatic carbocycles. The molecule has 8 heteroatoms. The minimum absolute atomic E-state index is 0.0410. The van der Waals surface area contributed by atoms with E-state index in [1.165, 1.54) is 12.4 Å². The molecular formula is C21H17N5O3. The zero-order valence-corrected chi connectivity index (χ0v) is 15.7. The van der Waals surface area contributed by atoms with E-state index in [0.717, 1.165) is 16.8 Å². The van der Waals surface area contributed by atoms with Gasteiger partial charge in [-0.2, -0.15) is 5.26 Å². The number of nitrogens with zero attached hydrogens (tertiary/aromatic N) is 5. The summed E-state index contributed by atoms with van der Waals surface area (Å²) >= 11 is 0. The number of ether oxygens (including phenoxy) is 2. The number of amides is 1. The standard InChI is InChI=1S/C21H17N5O3/c1-28-19-7-5-14(11-23-19)12-26-17-3-2-4-18(16(17)6-8-21(26)27)29-20-9-15(10-22)24-13-25-20/h2-5,7,9,11,13H,6,8,12H2,1H3. The van der Waals surface area contributed by atoms with Gasteiger partial charge < -0.3 is 14.4 Å². The molecule has 1 aliphatic heterocycles. The third-order valence-electron chi connectivity index (χ3n) is 4.61. The average Bonchev–Trinajstić information content (AvgIpc) is 2.76. The lowest BCUT2D eigenvalue weighted by Gasteiger charge is -2.30. The second kappa shape index (κ2) is 7.94. The van der Waals surface area contributed by atoms with Gasteiger partial charge in [-0.25, -0.2) is 15.0 Å². The van der Waals surface area contributed by atoms with Crippen molar-refractivity contribution in [3.05, 3.63) is 65.7 Å². The van der Waals surface area contributed by atoms with Gasteiger partial charge in [-0.1, -0.05) is 12.1 Å². The summed E-state index contributed by atoms with van der Waals surface area (Å²) in [4.78, 5) is 26.5. The first-order valence-electron chi connectivity index (χ1n) is 8.99. The van der Waals surface area contributed by atoms with Crippen molar-refractivity contribution >= 4 is 11.6 Å². The van der Waals surface area contributed by atoms with E-state index in [2.05, 4.69) is 15.0 Å². The normalized spacial score (nSPS) is 12.8. The van der Waals surface area contributed by atoms with Crippen LogP contribution in [0.25, 0.3) is 0 Å². The lowest BCUT2D eigenvalue weighted by molar-refractivity contribution is -0.119. The highest BCUT2D eigenvalue weighted by Gasteiger charge is 2.27. The number of nitriles is 1. The average molecular weight is 387 g/mol. The zero-order chi connectivity index (χ0) is 20.2. The van der Waals surface area contributed by atoms with Gasteiger partial charge in [0.25, 0.3) is 0 Å². The maximum atomic E-state index is 12.6. The summed E-state index contributed by atoms with van der Waals surface area (Å²) in [6.45, 7) is 0.401. The number of anilines is 1. The summed E-state index contributed by atoms with van der Waals surface area (Å²) in [5.41, 5.74) is 2.84. The van der Waals surface area contributed by atoms with Gasteiger partial charge in [-0.15, -0.1) is 0 Å². The summed E-state index contributed by atoms with van der Waals surface area (Å²) < 4.78 is 11.0. The van der Waals surface area contributed by atoms with Gasteiger partial charge in [-0.3, -0.25) is 4.79 Å². The molecule has 4 rings (SSSR count). The molecule has 0 N–H and O–H groups in total. The van der Waals surface area contributed by atoms with Crippen LogP contribution in [-0.2, 0) is 17.8 Å². The van der Waals surface area contributed by atoms with Crippen molar-refractivity contribution in [1.82, 2.24) is 15.0 Å². The number of carbonyl (C=O) groups excluding carboxylic acids is 1. The van der Waals surface area contributed by atoms with Crippen LogP contribution < -0.4 is 14.4 Å². The van der Waals surface area contributed by atoms with Crippen LogP contribution in [-0.4, -0.2) is 28.0 Å². The molecule has 0 saturated carbocycles. The van der Waals surface area contributed by atoms with Crippen molar-refractivity contribution < 1.29 is 14.3 Å². The Labute approximate surface area is 167 Å². The SMILES string of the molecule is COc1ccc(CN2C(=O)CCc3c(Oc4cc(C#N)ncn4)cccc32)cn1. The quantitative estimate of drug-likeness (QED) is 0.663. The van der Waals surface area contributed by atoms with Crippen LogP contribution >= 0.6 is 0 Å². The molecule has 3 heterocycles. The minimum Gasteiger partial charge on any atom is -0.481 e. The van der Waals surface area contributed by atoms with Crippen molar-refractivity contribution in [2.75, 3.05) is 12.0 Å². The molecule has 0 spiro atoms. The second-order valence-corrected chi connectivity index (χ2v) is 6.40. The van der Waals surface area contributed by atoms with Gasteiger partial charge in [0, 0.05) is 30.3 Å². The topological polar surface area (TPSA) is 101 Å². The highest BCUT2D eigenvalue weighted by Crippen LogP contribution is 2.37. The Morgan fingerprint density at radius 2 is 2.03 bits per heavy atom. The Morgan fingerprint density at radius 3 is 2.79 bits per heavy atom. The molecule has 2 aromatic heterocycles. The van der Waals surface area contributed by atoms with Crippen LogP contribution in [0.3, 0.4) is 0 Å². The molecule has 3 aromatic rings. The lowest BCUT2D eigenvalue weighted by atomic mass is 9.99.